The van der Waals surface area contributed by atoms with Gasteiger partial charge in [-0.1, -0.05) is 17.8 Å². The number of aromatic nitrogens is 2. The second-order valence-electron chi connectivity index (χ2n) is 5.00. The molecule has 0 aliphatic carbocycles. The van der Waals surface area contributed by atoms with E-state index in [0.717, 1.165) is 24.0 Å². The molecule has 2 aromatic rings. The summed E-state index contributed by atoms with van der Waals surface area (Å²) >= 11 is 0.783. The van der Waals surface area contributed by atoms with Gasteiger partial charge in [0.15, 0.2) is 5.16 Å². The van der Waals surface area contributed by atoms with E-state index >= 15 is 0 Å². The van der Waals surface area contributed by atoms with Gasteiger partial charge < -0.3 is 10.6 Å². The van der Waals surface area contributed by atoms with Gasteiger partial charge in [0.1, 0.15) is 5.69 Å². The first-order valence-electron chi connectivity index (χ1n) is 7.50. The van der Waals surface area contributed by atoms with E-state index in [9.17, 15) is 22.8 Å². The van der Waals surface area contributed by atoms with Gasteiger partial charge in [-0.3, -0.25) is 9.59 Å². The summed E-state index contributed by atoms with van der Waals surface area (Å²) < 4.78 is 37.8. The number of nitrogens with one attached hydrogen (secondary N) is 2. The zero-order chi connectivity index (χ0) is 19.2. The summed E-state index contributed by atoms with van der Waals surface area (Å²) in [5, 5.41) is 5.07. The Morgan fingerprint density at radius 1 is 1.23 bits per heavy atom. The molecule has 0 bridgehead atoms. The fourth-order valence-electron chi connectivity index (χ4n) is 1.90. The minimum absolute atomic E-state index is 0.147. The largest absolute Gasteiger partial charge is 0.433 e. The molecule has 1 aromatic heterocycles. The molecule has 2 amide bonds. The van der Waals surface area contributed by atoms with E-state index in [2.05, 4.69) is 20.6 Å². The monoisotopic (exact) mass is 384 g/mol. The predicted octanol–water partition coefficient (Wildman–Crippen LogP) is 2.98. The summed E-state index contributed by atoms with van der Waals surface area (Å²) in [5.41, 5.74) is -0.270. The van der Waals surface area contributed by atoms with Gasteiger partial charge in [-0.25, -0.2) is 9.97 Å². The number of benzene rings is 1. The summed E-state index contributed by atoms with van der Waals surface area (Å²) in [6.07, 6.45) is -3.58. The SMILES string of the molecule is CCNC(=O)c1cccc(NC(=O)CSc2nccc(C(F)(F)F)n2)c1. The highest BCUT2D eigenvalue weighted by Gasteiger charge is 2.32. The summed E-state index contributed by atoms with van der Waals surface area (Å²) in [4.78, 5) is 30.8. The first-order valence-corrected chi connectivity index (χ1v) is 8.49. The van der Waals surface area contributed by atoms with E-state index in [1.807, 2.05) is 0 Å². The molecule has 1 heterocycles. The Bertz CT molecular complexity index is 799. The van der Waals surface area contributed by atoms with Crippen molar-refractivity contribution in [2.24, 2.45) is 0 Å². The lowest BCUT2D eigenvalue weighted by molar-refractivity contribution is -0.141. The van der Waals surface area contributed by atoms with Crippen molar-refractivity contribution in [1.82, 2.24) is 15.3 Å². The molecular weight excluding hydrogens is 369 g/mol. The maximum atomic E-state index is 12.6. The Labute approximate surface area is 151 Å². The summed E-state index contributed by atoms with van der Waals surface area (Å²) in [5.74, 6) is -0.897. The third-order valence-electron chi connectivity index (χ3n) is 3.00. The van der Waals surface area contributed by atoms with Crippen LogP contribution < -0.4 is 10.6 Å². The fourth-order valence-corrected chi connectivity index (χ4v) is 2.53. The number of hydrogen-bond acceptors (Lipinski definition) is 5. The topological polar surface area (TPSA) is 84.0 Å². The van der Waals surface area contributed by atoms with Crippen molar-refractivity contribution in [2.45, 2.75) is 18.3 Å². The van der Waals surface area contributed by atoms with Crippen molar-refractivity contribution < 1.29 is 22.8 Å². The molecule has 138 valence electrons. The number of rotatable bonds is 6. The zero-order valence-corrected chi connectivity index (χ0v) is 14.4. The molecule has 1 aromatic carbocycles. The van der Waals surface area contributed by atoms with Crippen LogP contribution in [-0.2, 0) is 11.0 Å². The second kappa shape index (κ2) is 8.65. The fraction of sp³-hybridized carbons (Fsp3) is 0.250. The highest BCUT2D eigenvalue weighted by molar-refractivity contribution is 7.99. The van der Waals surface area contributed by atoms with E-state index in [4.69, 9.17) is 0 Å². The summed E-state index contributed by atoms with van der Waals surface area (Å²) in [6, 6.07) is 7.09. The maximum absolute atomic E-state index is 12.6. The van der Waals surface area contributed by atoms with Crippen LogP contribution >= 0.6 is 11.8 Å². The Morgan fingerprint density at radius 2 is 2.00 bits per heavy atom. The molecule has 0 fully saturated rings. The van der Waals surface area contributed by atoms with E-state index in [1.165, 1.54) is 6.07 Å². The van der Waals surface area contributed by atoms with Crippen molar-refractivity contribution in [3.63, 3.8) is 0 Å². The normalized spacial score (nSPS) is 11.1. The number of halogens is 3. The average molecular weight is 384 g/mol. The molecule has 2 rings (SSSR count). The van der Waals surface area contributed by atoms with Gasteiger partial charge >= 0.3 is 6.18 Å². The van der Waals surface area contributed by atoms with Crippen molar-refractivity contribution in [3.8, 4) is 0 Å². The Kier molecular flexibility index (Phi) is 6.56. The lowest BCUT2D eigenvalue weighted by atomic mass is 10.2. The highest BCUT2D eigenvalue weighted by atomic mass is 32.2. The number of carbonyl (C=O) groups is 2. The van der Waals surface area contributed by atoms with E-state index in [-0.39, 0.29) is 16.8 Å². The van der Waals surface area contributed by atoms with Crippen LogP contribution in [-0.4, -0.2) is 34.1 Å². The Hall–Kier alpha value is -2.62. The molecule has 0 aliphatic rings. The zero-order valence-electron chi connectivity index (χ0n) is 13.6. The number of hydrogen-bond donors (Lipinski definition) is 2. The lowest BCUT2D eigenvalue weighted by Gasteiger charge is -2.08. The number of amides is 2. The minimum Gasteiger partial charge on any atom is -0.352 e. The lowest BCUT2D eigenvalue weighted by Crippen LogP contribution is -2.23. The van der Waals surface area contributed by atoms with Gasteiger partial charge in [0.05, 0.1) is 5.75 Å². The van der Waals surface area contributed by atoms with Gasteiger partial charge in [-0.15, -0.1) is 0 Å². The standard InChI is InChI=1S/C16H15F3N4O2S/c1-2-20-14(25)10-4-3-5-11(8-10)22-13(24)9-26-15-21-7-6-12(23-15)16(17,18)19/h3-8H,2,9H2,1H3,(H,20,25)(H,22,24). The van der Waals surface area contributed by atoms with Gasteiger partial charge in [-0.2, -0.15) is 13.2 Å². The van der Waals surface area contributed by atoms with Crippen LogP contribution in [0.5, 0.6) is 0 Å². The van der Waals surface area contributed by atoms with Crippen LogP contribution in [0.2, 0.25) is 0 Å². The Morgan fingerprint density at radius 3 is 2.69 bits per heavy atom. The first kappa shape index (κ1) is 19.7. The molecule has 0 aliphatic heterocycles. The molecule has 26 heavy (non-hydrogen) atoms. The molecule has 0 saturated carbocycles. The van der Waals surface area contributed by atoms with Crippen molar-refractivity contribution >= 4 is 29.3 Å². The van der Waals surface area contributed by atoms with Crippen LogP contribution in [0.25, 0.3) is 0 Å². The minimum atomic E-state index is -4.57. The van der Waals surface area contributed by atoms with Crippen molar-refractivity contribution in [2.75, 3.05) is 17.6 Å². The number of alkyl halides is 3. The average Bonchev–Trinajstić information content (AvgIpc) is 2.60. The molecule has 2 N–H and O–H groups in total. The van der Waals surface area contributed by atoms with Gasteiger partial charge in [0.2, 0.25) is 5.91 Å². The van der Waals surface area contributed by atoms with E-state index in [0.29, 0.717) is 17.8 Å². The first-order chi connectivity index (χ1) is 12.3. The third-order valence-corrected chi connectivity index (χ3v) is 3.86. The van der Waals surface area contributed by atoms with Crippen LogP contribution in [0.1, 0.15) is 23.0 Å². The van der Waals surface area contributed by atoms with E-state index < -0.39 is 17.8 Å². The molecule has 0 radical (unpaired) electrons. The molecule has 0 saturated heterocycles. The van der Waals surface area contributed by atoms with Gasteiger partial charge in [0, 0.05) is 24.0 Å². The highest BCUT2D eigenvalue weighted by Crippen LogP contribution is 2.28. The van der Waals surface area contributed by atoms with Gasteiger partial charge in [0.25, 0.3) is 5.91 Å². The van der Waals surface area contributed by atoms with Crippen LogP contribution in [0.3, 0.4) is 0 Å². The second-order valence-corrected chi connectivity index (χ2v) is 5.94. The third kappa shape index (κ3) is 5.73. The number of anilines is 1. The number of thioether (sulfide) groups is 1. The van der Waals surface area contributed by atoms with Crippen LogP contribution in [0.15, 0.2) is 41.7 Å². The molecule has 0 unspecified atom stereocenters. The van der Waals surface area contributed by atoms with Crippen LogP contribution in [0, 0.1) is 0 Å². The van der Waals surface area contributed by atoms with Gasteiger partial charge in [-0.05, 0) is 31.2 Å². The van der Waals surface area contributed by atoms with Crippen molar-refractivity contribution in [3.05, 3.63) is 47.8 Å². The molecule has 10 heteroatoms. The molecule has 0 atom stereocenters. The smallest absolute Gasteiger partial charge is 0.352 e. The number of nitrogens with zero attached hydrogens (tertiary/aromatic N) is 2. The van der Waals surface area contributed by atoms with Crippen LogP contribution in [0.4, 0.5) is 18.9 Å². The Balaban J connectivity index is 1.95. The summed E-state index contributed by atoms with van der Waals surface area (Å²) in [6.45, 7) is 2.26. The van der Waals surface area contributed by atoms with Crippen molar-refractivity contribution in [1.29, 1.82) is 0 Å². The summed E-state index contributed by atoms with van der Waals surface area (Å²) in [7, 11) is 0. The molecule has 6 nitrogen and oxygen atoms in total. The maximum Gasteiger partial charge on any atom is 0.433 e. The molecular formula is C16H15F3N4O2S. The number of carbonyl (C=O) groups excluding carboxylic acids is 2. The van der Waals surface area contributed by atoms with E-state index in [1.54, 1.807) is 25.1 Å². The quantitative estimate of drug-likeness (QED) is 0.591. The predicted molar refractivity (Wildman–Crippen MR) is 90.8 cm³/mol. The molecule has 0 spiro atoms.